The Morgan fingerprint density at radius 2 is 2.00 bits per heavy atom. The fraction of sp³-hybridized carbons (Fsp3) is 0.308. The lowest BCUT2D eigenvalue weighted by atomic mass is 10.2. The molecule has 1 aromatic heterocycles. The van der Waals surface area contributed by atoms with Crippen LogP contribution in [0.25, 0.3) is 10.1 Å². The Balaban J connectivity index is 2.26. The van der Waals surface area contributed by atoms with Crippen LogP contribution in [0.4, 0.5) is 13.2 Å². The molecule has 1 aromatic carbocycles. The number of amides is 1. The van der Waals surface area contributed by atoms with Crippen molar-refractivity contribution in [3.05, 3.63) is 35.2 Å². The number of alkyl halides is 4. The number of halogens is 4. The average molecular weight is 366 g/mol. The van der Waals surface area contributed by atoms with Gasteiger partial charge in [-0.15, -0.1) is 11.3 Å². The van der Waals surface area contributed by atoms with Gasteiger partial charge in [0.2, 0.25) is 0 Å². The molecule has 0 aliphatic carbocycles. The maximum atomic E-state index is 12.5. The maximum Gasteiger partial charge on any atom is 0.406 e. The minimum atomic E-state index is -4.39. The zero-order valence-electron chi connectivity index (χ0n) is 10.3. The van der Waals surface area contributed by atoms with Gasteiger partial charge in [-0.2, -0.15) is 13.2 Å². The van der Waals surface area contributed by atoms with E-state index in [1.54, 1.807) is 6.07 Å². The first-order valence-corrected chi connectivity index (χ1v) is 7.75. The SMILES string of the molecule is O=C(c1cc2ccccc2s1)N(CCBr)CC(F)(F)F. The number of nitrogens with zero attached hydrogens (tertiary/aromatic N) is 1. The molecule has 2 nitrogen and oxygen atoms in total. The first-order chi connectivity index (χ1) is 9.40. The van der Waals surface area contributed by atoms with Crippen molar-refractivity contribution < 1.29 is 18.0 Å². The third-order valence-corrected chi connectivity index (χ3v) is 4.11. The Labute approximate surface area is 126 Å². The summed E-state index contributed by atoms with van der Waals surface area (Å²) in [7, 11) is 0. The van der Waals surface area contributed by atoms with Crippen LogP contribution >= 0.6 is 27.3 Å². The number of rotatable bonds is 4. The maximum absolute atomic E-state index is 12.5. The molecule has 108 valence electrons. The molecule has 2 aromatic rings. The van der Waals surface area contributed by atoms with Crippen molar-refractivity contribution in [2.24, 2.45) is 0 Å². The zero-order chi connectivity index (χ0) is 14.8. The lowest BCUT2D eigenvalue weighted by molar-refractivity contribution is -0.140. The molecule has 0 unspecified atom stereocenters. The largest absolute Gasteiger partial charge is 0.406 e. The molecule has 0 atom stereocenters. The first-order valence-electron chi connectivity index (χ1n) is 5.81. The summed E-state index contributed by atoms with van der Waals surface area (Å²) in [6, 6.07) is 8.98. The highest BCUT2D eigenvalue weighted by Gasteiger charge is 2.33. The minimum absolute atomic E-state index is 0.0204. The van der Waals surface area contributed by atoms with Crippen molar-refractivity contribution in [2.75, 3.05) is 18.4 Å². The van der Waals surface area contributed by atoms with Crippen molar-refractivity contribution in [2.45, 2.75) is 6.18 Å². The predicted octanol–water partition coefficient (Wildman–Crippen LogP) is 4.30. The summed E-state index contributed by atoms with van der Waals surface area (Å²) < 4.78 is 38.4. The van der Waals surface area contributed by atoms with Crippen molar-refractivity contribution in [3.63, 3.8) is 0 Å². The van der Waals surface area contributed by atoms with Crippen molar-refractivity contribution in [1.29, 1.82) is 0 Å². The van der Waals surface area contributed by atoms with Crippen LogP contribution < -0.4 is 0 Å². The van der Waals surface area contributed by atoms with Gasteiger partial charge < -0.3 is 4.90 Å². The van der Waals surface area contributed by atoms with E-state index in [-0.39, 0.29) is 6.54 Å². The third kappa shape index (κ3) is 3.73. The summed E-state index contributed by atoms with van der Waals surface area (Å²) in [5.74, 6) is -0.581. The van der Waals surface area contributed by atoms with Crippen LogP contribution in [0.1, 0.15) is 9.67 Å². The van der Waals surface area contributed by atoms with Gasteiger partial charge in [-0.05, 0) is 17.5 Å². The summed E-state index contributed by atoms with van der Waals surface area (Å²) in [5.41, 5.74) is 0. The molecule has 0 radical (unpaired) electrons. The molecule has 2 rings (SSSR count). The molecule has 0 bridgehead atoms. The molecular formula is C13H11BrF3NOS. The number of thiophene rings is 1. The topological polar surface area (TPSA) is 20.3 Å². The lowest BCUT2D eigenvalue weighted by Crippen LogP contribution is -2.39. The second kappa shape index (κ2) is 6.13. The molecule has 0 aliphatic rings. The highest BCUT2D eigenvalue weighted by Crippen LogP contribution is 2.27. The van der Waals surface area contributed by atoms with Gasteiger partial charge in [-0.3, -0.25) is 4.79 Å². The molecule has 1 amide bonds. The molecule has 0 aliphatic heterocycles. The van der Waals surface area contributed by atoms with Gasteiger partial charge in [0.25, 0.3) is 5.91 Å². The Morgan fingerprint density at radius 3 is 2.60 bits per heavy atom. The van der Waals surface area contributed by atoms with Crippen LogP contribution in [0.3, 0.4) is 0 Å². The zero-order valence-corrected chi connectivity index (χ0v) is 12.7. The standard InChI is InChI=1S/C13H11BrF3NOS/c14-5-6-18(8-13(15,16)17)12(19)11-7-9-3-1-2-4-10(9)20-11/h1-4,7H,5-6,8H2. The van der Waals surface area contributed by atoms with E-state index >= 15 is 0 Å². The van der Waals surface area contributed by atoms with E-state index in [4.69, 9.17) is 0 Å². The minimum Gasteiger partial charge on any atom is -0.328 e. The molecular weight excluding hydrogens is 355 g/mol. The normalized spacial score (nSPS) is 11.8. The Hall–Kier alpha value is -1.08. The van der Waals surface area contributed by atoms with Crippen LogP contribution in [0, 0.1) is 0 Å². The van der Waals surface area contributed by atoms with Gasteiger partial charge in [0, 0.05) is 16.6 Å². The van der Waals surface area contributed by atoms with Crippen LogP contribution in [-0.4, -0.2) is 35.4 Å². The predicted molar refractivity (Wildman–Crippen MR) is 77.6 cm³/mol. The average Bonchev–Trinajstić information content (AvgIpc) is 2.79. The van der Waals surface area contributed by atoms with Gasteiger partial charge in [0.15, 0.2) is 0 Å². The monoisotopic (exact) mass is 365 g/mol. The van der Waals surface area contributed by atoms with Crippen LogP contribution in [-0.2, 0) is 0 Å². The summed E-state index contributed by atoms with van der Waals surface area (Å²) in [6.45, 7) is -1.21. The van der Waals surface area contributed by atoms with Crippen LogP contribution in [0.2, 0.25) is 0 Å². The molecule has 1 heterocycles. The van der Waals surface area contributed by atoms with Crippen molar-refractivity contribution >= 4 is 43.3 Å². The molecule has 0 spiro atoms. The number of hydrogen-bond donors (Lipinski definition) is 0. The quantitative estimate of drug-likeness (QED) is 0.739. The van der Waals surface area contributed by atoms with Gasteiger partial charge in [-0.1, -0.05) is 34.1 Å². The van der Waals surface area contributed by atoms with E-state index < -0.39 is 18.6 Å². The second-order valence-electron chi connectivity index (χ2n) is 4.18. The lowest BCUT2D eigenvalue weighted by Gasteiger charge is -2.22. The van der Waals surface area contributed by atoms with Gasteiger partial charge in [0.05, 0.1) is 4.88 Å². The number of benzene rings is 1. The fourth-order valence-electron chi connectivity index (χ4n) is 1.81. The summed E-state index contributed by atoms with van der Waals surface area (Å²) in [6.07, 6.45) is -4.39. The van der Waals surface area contributed by atoms with Crippen molar-refractivity contribution in [1.82, 2.24) is 4.90 Å². The highest BCUT2D eigenvalue weighted by atomic mass is 79.9. The van der Waals surface area contributed by atoms with E-state index in [2.05, 4.69) is 15.9 Å². The first kappa shape index (κ1) is 15.3. The van der Waals surface area contributed by atoms with E-state index in [9.17, 15) is 18.0 Å². The van der Waals surface area contributed by atoms with E-state index in [1.165, 1.54) is 11.3 Å². The van der Waals surface area contributed by atoms with Gasteiger partial charge >= 0.3 is 6.18 Å². The highest BCUT2D eigenvalue weighted by molar-refractivity contribution is 9.09. The van der Waals surface area contributed by atoms with Crippen LogP contribution in [0.5, 0.6) is 0 Å². The number of carbonyl (C=O) groups is 1. The molecule has 20 heavy (non-hydrogen) atoms. The molecule has 7 heteroatoms. The van der Waals surface area contributed by atoms with E-state index in [0.717, 1.165) is 15.0 Å². The third-order valence-electron chi connectivity index (χ3n) is 2.65. The van der Waals surface area contributed by atoms with Crippen LogP contribution in [0.15, 0.2) is 30.3 Å². The summed E-state index contributed by atoms with van der Waals surface area (Å²) in [5, 5.41) is 1.17. The number of carbonyl (C=O) groups excluding carboxylic acids is 1. The number of hydrogen-bond acceptors (Lipinski definition) is 2. The Kier molecular flexibility index (Phi) is 4.70. The fourth-order valence-corrected chi connectivity index (χ4v) is 3.27. The van der Waals surface area contributed by atoms with Gasteiger partial charge in [-0.25, -0.2) is 0 Å². The Bertz CT molecular complexity index is 578. The summed E-state index contributed by atoms with van der Waals surface area (Å²) in [4.78, 5) is 13.3. The number of fused-ring (bicyclic) bond motifs is 1. The van der Waals surface area contributed by atoms with Gasteiger partial charge in [0.1, 0.15) is 6.54 Å². The Morgan fingerprint density at radius 1 is 1.30 bits per heavy atom. The molecule has 0 fully saturated rings. The smallest absolute Gasteiger partial charge is 0.328 e. The van der Waals surface area contributed by atoms with E-state index in [1.807, 2.05) is 24.3 Å². The van der Waals surface area contributed by atoms with Crippen molar-refractivity contribution in [3.8, 4) is 0 Å². The summed E-state index contributed by atoms with van der Waals surface area (Å²) >= 11 is 4.29. The molecule has 0 N–H and O–H groups in total. The molecule has 0 saturated heterocycles. The second-order valence-corrected chi connectivity index (χ2v) is 6.06. The van der Waals surface area contributed by atoms with E-state index in [0.29, 0.717) is 10.2 Å². The molecule has 0 saturated carbocycles.